The second-order valence-electron chi connectivity index (χ2n) is 7.64. The lowest BCUT2D eigenvalue weighted by Crippen LogP contribution is -2.37. The van der Waals surface area contributed by atoms with Gasteiger partial charge in [0.1, 0.15) is 11.4 Å². The number of nitrogens with one attached hydrogen (secondary N) is 2. The fraction of sp³-hybridized carbons (Fsp3) is 0.455. The highest BCUT2D eigenvalue weighted by molar-refractivity contribution is 5.79. The van der Waals surface area contributed by atoms with Crippen LogP contribution in [0.3, 0.4) is 0 Å². The molecule has 0 bridgehead atoms. The van der Waals surface area contributed by atoms with Crippen molar-refractivity contribution in [1.82, 2.24) is 15.6 Å². The number of nitrogens with zero attached hydrogens (tertiary/aromatic N) is 2. The van der Waals surface area contributed by atoms with Gasteiger partial charge in [-0.05, 0) is 64.8 Å². The number of aromatic nitrogens is 1. The summed E-state index contributed by atoms with van der Waals surface area (Å²) >= 11 is 0. The highest BCUT2D eigenvalue weighted by Crippen LogP contribution is 2.25. The maximum atomic E-state index is 6.13. The Kier molecular flexibility index (Phi) is 7.22. The monoisotopic (exact) mass is 368 g/mol. The number of hydrogen-bond acceptors (Lipinski definition) is 3. The van der Waals surface area contributed by atoms with Gasteiger partial charge in [0.05, 0.1) is 18.8 Å². The molecule has 1 aromatic heterocycles. The van der Waals surface area contributed by atoms with E-state index in [1.165, 1.54) is 11.1 Å². The molecule has 0 atom stereocenters. The van der Waals surface area contributed by atoms with Crippen molar-refractivity contribution >= 4 is 5.96 Å². The van der Waals surface area contributed by atoms with Crippen LogP contribution in [0.5, 0.6) is 5.75 Å². The molecule has 2 aromatic rings. The minimum atomic E-state index is -0.245. The van der Waals surface area contributed by atoms with Gasteiger partial charge in [-0.25, -0.2) is 4.99 Å². The summed E-state index contributed by atoms with van der Waals surface area (Å²) in [5, 5.41) is 6.65. The number of aliphatic imine (C=N–C) groups is 1. The molecule has 2 rings (SSSR count). The van der Waals surface area contributed by atoms with Crippen LogP contribution in [0.1, 0.15) is 50.1 Å². The van der Waals surface area contributed by atoms with Crippen molar-refractivity contribution in [3.05, 3.63) is 58.9 Å². The minimum absolute atomic E-state index is 0.245. The molecular formula is C22H32N4O. The average Bonchev–Trinajstić information content (AvgIpc) is 2.58. The number of aryl methyl sites for hydroxylation is 2. The zero-order chi connectivity index (χ0) is 19.9. The van der Waals surface area contributed by atoms with Gasteiger partial charge in [0, 0.05) is 18.3 Å². The Hall–Kier alpha value is -2.56. The van der Waals surface area contributed by atoms with Crippen molar-refractivity contribution in [1.29, 1.82) is 0 Å². The van der Waals surface area contributed by atoms with E-state index < -0.39 is 0 Å². The highest BCUT2D eigenvalue weighted by atomic mass is 16.5. The molecular weight excluding hydrogens is 336 g/mol. The van der Waals surface area contributed by atoms with E-state index in [0.29, 0.717) is 13.1 Å². The number of guanidine groups is 1. The van der Waals surface area contributed by atoms with Crippen LogP contribution in [-0.4, -0.2) is 23.1 Å². The van der Waals surface area contributed by atoms with Crippen molar-refractivity contribution in [3.8, 4) is 5.75 Å². The first-order valence-electron chi connectivity index (χ1n) is 9.49. The third-order valence-electron chi connectivity index (χ3n) is 3.93. The lowest BCUT2D eigenvalue weighted by Gasteiger charge is -2.23. The van der Waals surface area contributed by atoms with Crippen LogP contribution in [0.4, 0.5) is 0 Å². The fourth-order valence-corrected chi connectivity index (χ4v) is 2.59. The number of rotatable bonds is 6. The van der Waals surface area contributed by atoms with E-state index in [4.69, 9.17) is 9.73 Å². The molecule has 0 fully saturated rings. The van der Waals surface area contributed by atoms with E-state index in [1.54, 1.807) is 0 Å². The largest absolute Gasteiger partial charge is 0.488 e. The quantitative estimate of drug-likeness (QED) is 0.594. The summed E-state index contributed by atoms with van der Waals surface area (Å²) in [5.74, 6) is 1.66. The molecule has 0 amide bonds. The van der Waals surface area contributed by atoms with E-state index in [1.807, 2.05) is 12.3 Å². The van der Waals surface area contributed by atoms with Gasteiger partial charge in [0.25, 0.3) is 0 Å². The number of pyridine rings is 1. The molecule has 5 heteroatoms. The normalized spacial score (nSPS) is 12.0. The first kappa shape index (κ1) is 20.7. The van der Waals surface area contributed by atoms with Crippen LogP contribution < -0.4 is 15.4 Å². The van der Waals surface area contributed by atoms with Gasteiger partial charge in [-0.1, -0.05) is 18.2 Å². The summed E-state index contributed by atoms with van der Waals surface area (Å²) in [6.07, 6.45) is 1.82. The molecule has 1 aromatic carbocycles. The van der Waals surface area contributed by atoms with E-state index >= 15 is 0 Å². The fourth-order valence-electron chi connectivity index (χ4n) is 2.59. The lowest BCUT2D eigenvalue weighted by molar-refractivity contribution is 0.129. The van der Waals surface area contributed by atoms with E-state index in [9.17, 15) is 0 Å². The van der Waals surface area contributed by atoms with Crippen LogP contribution in [0.15, 0.2) is 41.5 Å². The number of hydrogen-bond donors (Lipinski definition) is 2. The molecule has 0 aliphatic rings. The van der Waals surface area contributed by atoms with Gasteiger partial charge < -0.3 is 15.4 Å². The Morgan fingerprint density at radius 1 is 1.15 bits per heavy atom. The molecule has 0 radical (unpaired) electrons. The molecule has 146 valence electrons. The molecule has 0 unspecified atom stereocenters. The van der Waals surface area contributed by atoms with Gasteiger partial charge in [-0.15, -0.1) is 0 Å². The third-order valence-corrected chi connectivity index (χ3v) is 3.93. The Morgan fingerprint density at radius 2 is 1.93 bits per heavy atom. The van der Waals surface area contributed by atoms with Crippen LogP contribution in [-0.2, 0) is 13.1 Å². The zero-order valence-corrected chi connectivity index (χ0v) is 17.4. The second kappa shape index (κ2) is 9.40. The minimum Gasteiger partial charge on any atom is -0.488 e. The molecule has 2 N–H and O–H groups in total. The van der Waals surface area contributed by atoms with E-state index in [0.717, 1.165) is 29.5 Å². The van der Waals surface area contributed by atoms with Crippen LogP contribution in [0, 0.1) is 13.8 Å². The Morgan fingerprint density at radius 3 is 2.59 bits per heavy atom. The second-order valence-corrected chi connectivity index (χ2v) is 7.64. The van der Waals surface area contributed by atoms with Crippen molar-refractivity contribution < 1.29 is 4.74 Å². The maximum absolute atomic E-state index is 6.13. The van der Waals surface area contributed by atoms with Gasteiger partial charge in [0.2, 0.25) is 0 Å². The Balaban J connectivity index is 2.13. The number of ether oxygens (including phenoxy) is 1. The summed E-state index contributed by atoms with van der Waals surface area (Å²) in [5.41, 5.74) is 4.20. The van der Waals surface area contributed by atoms with E-state index in [2.05, 4.69) is 81.4 Å². The molecule has 0 saturated carbocycles. The zero-order valence-electron chi connectivity index (χ0n) is 17.4. The van der Waals surface area contributed by atoms with Gasteiger partial charge >= 0.3 is 0 Å². The predicted molar refractivity (Wildman–Crippen MR) is 112 cm³/mol. The molecule has 1 heterocycles. The summed E-state index contributed by atoms with van der Waals surface area (Å²) < 4.78 is 6.13. The van der Waals surface area contributed by atoms with Crippen molar-refractivity contribution in [2.45, 2.75) is 60.2 Å². The molecule has 5 nitrogen and oxygen atoms in total. The average molecular weight is 369 g/mol. The maximum Gasteiger partial charge on any atom is 0.191 e. The molecule has 0 aliphatic carbocycles. The van der Waals surface area contributed by atoms with Crippen LogP contribution >= 0.6 is 0 Å². The van der Waals surface area contributed by atoms with Crippen molar-refractivity contribution in [2.24, 2.45) is 4.99 Å². The first-order chi connectivity index (χ1) is 12.8. The van der Waals surface area contributed by atoms with Gasteiger partial charge in [-0.2, -0.15) is 0 Å². The third kappa shape index (κ3) is 6.93. The van der Waals surface area contributed by atoms with Crippen molar-refractivity contribution in [3.63, 3.8) is 0 Å². The number of benzene rings is 1. The summed E-state index contributed by atoms with van der Waals surface area (Å²) in [6.45, 7) is 14.4. The van der Waals surface area contributed by atoms with Crippen LogP contribution in [0.25, 0.3) is 0 Å². The van der Waals surface area contributed by atoms with Gasteiger partial charge in [-0.3, -0.25) is 4.98 Å². The topological polar surface area (TPSA) is 58.5 Å². The molecule has 0 aliphatic heterocycles. The molecule has 0 saturated heterocycles. The lowest BCUT2D eigenvalue weighted by atomic mass is 10.1. The van der Waals surface area contributed by atoms with Crippen LogP contribution in [0.2, 0.25) is 0 Å². The summed E-state index contributed by atoms with van der Waals surface area (Å²) in [6, 6.07) is 10.3. The predicted octanol–water partition coefficient (Wildman–Crippen LogP) is 4.13. The molecule has 27 heavy (non-hydrogen) atoms. The Bertz CT molecular complexity index is 778. The summed E-state index contributed by atoms with van der Waals surface area (Å²) in [7, 11) is 0. The Labute approximate surface area is 163 Å². The smallest absolute Gasteiger partial charge is 0.191 e. The SMILES string of the molecule is CCNC(=NCc1ccc(C)cc1OC(C)(C)C)NCc1ncccc1C. The first-order valence-corrected chi connectivity index (χ1v) is 9.49. The molecule has 0 spiro atoms. The summed E-state index contributed by atoms with van der Waals surface area (Å²) in [4.78, 5) is 9.16. The van der Waals surface area contributed by atoms with Gasteiger partial charge in [0.15, 0.2) is 5.96 Å². The standard InChI is InChI=1S/C22H32N4O/c1-7-23-21(26-15-19-17(3)9-8-12-24-19)25-14-18-11-10-16(2)13-20(18)27-22(4,5)6/h8-13H,7,14-15H2,1-6H3,(H2,23,25,26). The van der Waals surface area contributed by atoms with Crippen molar-refractivity contribution in [2.75, 3.05) is 6.54 Å². The van der Waals surface area contributed by atoms with E-state index in [-0.39, 0.29) is 5.60 Å². The highest BCUT2D eigenvalue weighted by Gasteiger charge is 2.15.